The molecule has 1 rings (SSSR count). The Balaban J connectivity index is 2.80. The average Bonchev–Trinajstić information content (AvgIpc) is 2.40. The van der Waals surface area contributed by atoms with E-state index >= 15 is 0 Å². The molecule has 0 aliphatic heterocycles. The Morgan fingerprint density at radius 2 is 1.74 bits per heavy atom. The Labute approximate surface area is 112 Å². The number of Topliss-reactive ketones (excluding diaryl/α,β-unsaturated/α-hetero) is 1. The van der Waals surface area contributed by atoms with Crippen LogP contribution < -0.4 is 4.72 Å². The number of ether oxygens (including phenoxy) is 2. The maximum Gasteiger partial charge on any atom is 0.240 e. The highest BCUT2D eigenvalue weighted by Gasteiger charge is 2.16. The van der Waals surface area contributed by atoms with Crippen LogP contribution in [-0.2, 0) is 19.5 Å². The fourth-order valence-electron chi connectivity index (χ4n) is 1.39. The minimum absolute atomic E-state index is 0.00376. The van der Waals surface area contributed by atoms with Crippen molar-refractivity contribution in [3.63, 3.8) is 0 Å². The number of nitrogens with one attached hydrogen (secondary N) is 1. The highest BCUT2D eigenvalue weighted by atomic mass is 32.2. The molecule has 6 nitrogen and oxygen atoms in total. The van der Waals surface area contributed by atoms with Crippen LogP contribution in [0.4, 0.5) is 0 Å². The van der Waals surface area contributed by atoms with Gasteiger partial charge in [0.25, 0.3) is 0 Å². The van der Waals surface area contributed by atoms with Crippen molar-refractivity contribution in [3.05, 3.63) is 29.8 Å². The normalized spacial score (nSPS) is 11.8. The fourth-order valence-corrected chi connectivity index (χ4v) is 2.41. The summed E-state index contributed by atoms with van der Waals surface area (Å²) in [6, 6.07) is 5.71. The summed E-state index contributed by atoms with van der Waals surface area (Å²) in [5.74, 6) is -0.115. The number of ketones is 1. The van der Waals surface area contributed by atoms with E-state index in [1.54, 1.807) is 0 Å². The maximum atomic E-state index is 11.9. The lowest BCUT2D eigenvalue weighted by Gasteiger charge is -2.14. The second-order valence-corrected chi connectivity index (χ2v) is 5.60. The predicted molar refractivity (Wildman–Crippen MR) is 69.4 cm³/mol. The lowest BCUT2D eigenvalue weighted by Crippen LogP contribution is -2.34. The van der Waals surface area contributed by atoms with Gasteiger partial charge in [0.1, 0.15) is 0 Å². The largest absolute Gasteiger partial charge is 0.355 e. The third-order valence-electron chi connectivity index (χ3n) is 2.54. The molecule has 0 aliphatic rings. The first-order valence-corrected chi connectivity index (χ1v) is 7.05. The van der Waals surface area contributed by atoms with Gasteiger partial charge in [-0.15, -0.1) is 0 Å². The molecule has 1 aromatic carbocycles. The Kier molecular flexibility index (Phi) is 5.61. The van der Waals surface area contributed by atoms with Crippen molar-refractivity contribution >= 4 is 15.8 Å². The maximum absolute atomic E-state index is 11.9. The molecule has 0 aromatic heterocycles. The summed E-state index contributed by atoms with van der Waals surface area (Å²) >= 11 is 0. The minimum atomic E-state index is -3.64. The lowest BCUT2D eigenvalue weighted by molar-refractivity contribution is -0.0960. The summed E-state index contributed by atoms with van der Waals surface area (Å²) in [5, 5.41) is 0. The smallest absolute Gasteiger partial charge is 0.240 e. The molecular formula is C12H17NO5S. The van der Waals surface area contributed by atoms with E-state index in [4.69, 9.17) is 9.47 Å². The van der Waals surface area contributed by atoms with E-state index < -0.39 is 16.3 Å². The van der Waals surface area contributed by atoms with Crippen molar-refractivity contribution in [3.8, 4) is 0 Å². The van der Waals surface area contributed by atoms with Gasteiger partial charge in [0, 0.05) is 19.8 Å². The predicted octanol–water partition coefficient (Wildman–Crippen LogP) is 0.786. The van der Waals surface area contributed by atoms with Gasteiger partial charge < -0.3 is 9.47 Å². The second-order valence-electron chi connectivity index (χ2n) is 3.83. The molecule has 0 atom stereocenters. The zero-order valence-electron chi connectivity index (χ0n) is 11.0. The highest BCUT2D eigenvalue weighted by Crippen LogP contribution is 2.11. The van der Waals surface area contributed by atoms with Gasteiger partial charge in [0.15, 0.2) is 12.1 Å². The van der Waals surface area contributed by atoms with E-state index in [1.807, 2.05) is 0 Å². The number of methoxy groups -OCH3 is 2. The molecule has 19 heavy (non-hydrogen) atoms. The molecule has 0 unspecified atom stereocenters. The molecule has 0 heterocycles. The molecule has 0 spiro atoms. The van der Waals surface area contributed by atoms with E-state index in [2.05, 4.69) is 4.72 Å². The first kappa shape index (κ1) is 15.8. The standard InChI is InChI=1S/C12H17NO5S/c1-9(14)10-4-6-11(7-5-10)19(15,16)13-8-12(17-2)18-3/h4-7,12-13H,8H2,1-3H3. The van der Waals surface area contributed by atoms with Crippen LogP contribution in [0.15, 0.2) is 29.2 Å². The zero-order valence-corrected chi connectivity index (χ0v) is 11.9. The Bertz CT molecular complexity index is 520. The molecule has 0 saturated carbocycles. The van der Waals surface area contributed by atoms with Gasteiger partial charge in [-0.2, -0.15) is 0 Å². The molecule has 7 heteroatoms. The van der Waals surface area contributed by atoms with Gasteiger partial charge in [-0.05, 0) is 19.1 Å². The monoisotopic (exact) mass is 287 g/mol. The van der Waals surface area contributed by atoms with Crippen LogP contribution >= 0.6 is 0 Å². The van der Waals surface area contributed by atoms with Crippen molar-refractivity contribution in [2.24, 2.45) is 0 Å². The fraction of sp³-hybridized carbons (Fsp3) is 0.417. The molecule has 0 amide bonds. The second kappa shape index (κ2) is 6.76. The molecule has 1 aromatic rings. The van der Waals surface area contributed by atoms with E-state index in [9.17, 15) is 13.2 Å². The Morgan fingerprint density at radius 3 is 2.16 bits per heavy atom. The summed E-state index contributed by atoms with van der Waals surface area (Å²) in [6.07, 6.45) is -0.647. The van der Waals surface area contributed by atoms with Gasteiger partial charge in [-0.3, -0.25) is 4.79 Å². The molecule has 0 aliphatic carbocycles. The first-order valence-electron chi connectivity index (χ1n) is 5.57. The van der Waals surface area contributed by atoms with Crippen LogP contribution in [-0.4, -0.2) is 41.3 Å². The van der Waals surface area contributed by atoms with E-state index in [1.165, 1.54) is 45.4 Å². The topological polar surface area (TPSA) is 81.7 Å². The third-order valence-corrected chi connectivity index (χ3v) is 3.98. The molecular weight excluding hydrogens is 270 g/mol. The van der Waals surface area contributed by atoms with Gasteiger partial charge >= 0.3 is 0 Å². The van der Waals surface area contributed by atoms with Gasteiger partial charge in [-0.25, -0.2) is 13.1 Å². The van der Waals surface area contributed by atoms with Crippen LogP contribution in [0.25, 0.3) is 0 Å². The summed E-state index contributed by atoms with van der Waals surface area (Å²) in [7, 11) is -0.798. The van der Waals surface area contributed by atoms with E-state index in [0.717, 1.165) is 0 Å². The van der Waals surface area contributed by atoms with Crippen LogP contribution in [0.2, 0.25) is 0 Å². The molecule has 106 valence electrons. The molecule has 0 radical (unpaired) electrons. The number of sulfonamides is 1. The van der Waals surface area contributed by atoms with E-state index in [-0.39, 0.29) is 17.2 Å². The van der Waals surface area contributed by atoms with Crippen molar-refractivity contribution in [1.29, 1.82) is 0 Å². The zero-order chi connectivity index (χ0) is 14.5. The van der Waals surface area contributed by atoms with Crippen LogP contribution in [0.1, 0.15) is 17.3 Å². The lowest BCUT2D eigenvalue weighted by atomic mass is 10.2. The number of rotatable bonds is 7. The molecule has 1 N–H and O–H groups in total. The van der Waals surface area contributed by atoms with Crippen LogP contribution in [0.5, 0.6) is 0 Å². The van der Waals surface area contributed by atoms with Crippen molar-refractivity contribution in [1.82, 2.24) is 4.72 Å². The van der Waals surface area contributed by atoms with Gasteiger partial charge in [0.2, 0.25) is 10.0 Å². The number of hydrogen-bond acceptors (Lipinski definition) is 5. The Hall–Kier alpha value is -1.28. The summed E-state index contributed by atoms with van der Waals surface area (Å²) in [6.45, 7) is 1.42. The van der Waals surface area contributed by atoms with Crippen LogP contribution in [0, 0.1) is 0 Å². The summed E-state index contributed by atoms with van der Waals surface area (Å²) in [4.78, 5) is 11.2. The molecule has 0 bridgehead atoms. The third kappa shape index (κ3) is 4.39. The highest BCUT2D eigenvalue weighted by molar-refractivity contribution is 7.89. The number of hydrogen-bond donors (Lipinski definition) is 1. The van der Waals surface area contributed by atoms with Crippen molar-refractivity contribution in [2.75, 3.05) is 20.8 Å². The summed E-state index contributed by atoms with van der Waals surface area (Å²) < 4.78 is 36.0. The van der Waals surface area contributed by atoms with Gasteiger partial charge in [-0.1, -0.05) is 12.1 Å². The molecule has 0 fully saturated rings. The quantitative estimate of drug-likeness (QED) is 0.592. The van der Waals surface area contributed by atoms with E-state index in [0.29, 0.717) is 5.56 Å². The molecule has 0 saturated heterocycles. The van der Waals surface area contributed by atoms with Gasteiger partial charge in [0.05, 0.1) is 11.4 Å². The average molecular weight is 287 g/mol. The van der Waals surface area contributed by atoms with Crippen LogP contribution in [0.3, 0.4) is 0 Å². The number of carbonyl (C=O) groups is 1. The first-order chi connectivity index (χ1) is 8.90. The minimum Gasteiger partial charge on any atom is -0.355 e. The Morgan fingerprint density at radius 1 is 1.21 bits per heavy atom. The van der Waals surface area contributed by atoms with Crippen molar-refractivity contribution < 1.29 is 22.7 Å². The number of benzene rings is 1. The number of carbonyl (C=O) groups excluding carboxylic acids is 1. The SMILES string of the molecule is COC(CNS(=O)(=O)c1ccc(C(C)=O)cc1)OC. The van der Waals surface area contributed by atoms with Crippen molar-refractivity contribution in [2.45, 2.75) is 18.1 Å². The summed E-state index contributed by atoms with van der Waals surface area (Å²) in [5.41, 5.74) is 0.464.